The fourth-order valence-electron chi connectivity index (χ4n) is 4.59. The molecule has 2 N–H and O–H groups in total. The van der Waals surface area contributed by atoms with Crippen LogP contribution >= 0.6 is 0 Å². The number of benzene rings is 3. The first-order valence-electron chi connectivity index (χ1n) is 13.2. The minimum Gasteiger partial charge on any atom is -0.487 e. The molecule has 1 aromatic heterocycles. The van der Waals surface area contributed by atoms with Crippen molar-refractivity contribution in [3.8, 4) is 17.0 Å². The predicted molar refractivity (Wildman–Crippen MR) is 145 cm³/mol. The highest BCUT2D eigenvalue weighted by atomic mass is 19.3. The van der Waals surface area contributed by atoms with Crippen molar-refractivity contribution in [1.82, 2.24) is 15.1 Å². The van der Waals surface area contributed by atoms with Crippen LogP contribution in [0, 0.1) is 0 Å². The SMILES string of the molecule is O=C(NCC(F)(F)COc1ccc2c(c1)c(-c1cccc(CO)c1)nn2C1CCCCO1)OCc1ccccc1. The first-order chi connectivity index (χ1) is 19.4. The van der Waals surface area contributed by atoms with Gasteiger partial charge < -0.3 is 24.6 Å². The number of nitrogens with one attached hydrogen (secondary N) is 1. The van der Waals surface area contributed by atoms with E-state index >= 15 is 0 Å². The molecule has 0 saturated carbocycles. The highest BCUT2D eigenvalue weighted by Gasteiger charge is 2.31. The maximum atomic E-state index is 14.6. The Morgan fingerprint density at radius 2 is 1.90 bits per heavy atom. The molecular weight excluding hydrogens is 520 g/mol. The maximum absolute atomic E-state index is 14.6. The molecule has 1 atom stereocenters. The smallest absolute Gasteiger partial charge is 0.407 e. The van der Waals surface area contributed by atoms with Gasteiger partial charge in [-0.2, -0.15) is 5.10 Å². The number of alkyl halides is 2. The number of fused-ring (bicyclic) bond motifs is 1. The molecule has 1 aliphatic heterocycles. The molecule has 1 fully saturated rings. The number of carbonyl (C=O) groups excluding carboxylic acids is 1. The number of nitrogens with zero attached hydrogens (tertiary/aromatic N) is 2. The Hall–Kier alpha value is -4.02. The Morgan fingerprint density at radius 1 is 1.07 bits per heavy atom. The standard InChI is InChI=1S/C30H31F2N3O5/c31-30(32,19-33-29(37)39-18-21-7-2-1-3-8-21)20-40-24-12-13-26-25(16-24)28(23-10-6-9-22(15-23)17-36)34-35(26)27-11-4-5-14-38-27/h1-3,6-10,12-13,15-16,27,36H,4-5,11,14,17-20H2,(H,33,37). The summed E-state index contributed by atoms with van der Waals surface area (Å²) >= 11 is 0. The van der Waals surface area contributed by atoms with Gasteiger partial charge in [-0.25, -0.2) is 18.3 Å². The second-order valence-corrected chi connectivity index (χ2v) is 9.71. The Kier molecular flexibility index (Phi) is 8.57. The van der Waals surface area contributed by atoms with E-state index in [9.17, 15) is 18.7 Å². The average Bonchev–Trinajstić information content (AvgIpc) is 3.38. The van der Waals surface area contributed by atoms with Crippen LogP contribution in [0.3, 0.4) is 0 Å². The highest BCUT2D eigenvalue weighted by molar-refractivity contribution is 5.94. The third-order valence-corrected chi connectivity index (χ3v) is 6.64. The number of hydrogen-bond acceptors (Lipinski definition) is 6. The van der Waals surface area contributed by atoms with Gasteiger partial charge >= 0.3 is 6.09 Å². The minimum atomic E-state index is -3.33. The summed E-state index contributed by atoms with van der Waals surface area (Å²) in [6, 6.07) is 21.4. The van der Waals surface area contributed by atoms with Gasteiger partial charge in [-0.15, -0.1) is 0 Å². The van der Waals surface area contributed by atoms with Crippen molar-refractivity contribution in [2.24, 2.45) is 0 Å². The second kappa shape index (κ2) is 12.4. The molecule has 1 amide bonds. The summed E-state index contributed by atoms with van der Waals surface area (Å²) in [6.45, 7) is -1.36. The summed E-state index contributed by atoms with van der Waals surface area (Å²) in [5.74, 6) is -3.10. The van der Waals surface area contributed by atoms with Crippen molar-refractivity contribution in [1.29, 1.82) is 0 Å². The van der Waals surface area contributed by atoms with E-state index in [0.29, 0.717) is 17.7 Å². The number of rotatable bonds is 10. The lowest BCUT2D eigenvalue weighted by Gasteiger charge is -2.23. The second-order valence-electron chi connectivity index (χ2n) is 9.71. The van der Waals surface area contributed by atoms with Crippen LogP contribution in [-0.4, -0.2) is 46.7 Å². The molecule has 5 rings (SSSR count). The van der Waals surface area contributed by atoms with Crippen molar-refractivity contribution < 1.29 is 32.9 Å². The van der Waals surface area contributed by atoms with Crippen LogP contribution in [0.25, 0.3) is 22.2 Å². The van der Waals surface area contributed by atoms with E-state index in [1.807, 2.05) is 35.0 Å². The van der Waals surface area contributed by atoms with Crippen LogP contribution < -0.4 is 10.1 Å². The fourth-order valence-corrected chi connectivity index (χ4v) is 4.59. The lowest BCUT2D eigenvalue weighted by atomic mass is 10.1. The molecular formula is C30H31F2N3O5. The summed E-state index contributed by atoms with van der Waals surface area (Å²) in [4.78, 5) is 11.9. The summed E-state index contributed by atoms with van der Waals surface area (Å²) in [7, 11) is 0. The van der Waals surface area contributed by atoms with Gasteiger partial charge in [0.05, 0.1) is 18.7 Å². The molecule has 10 heteroatoms. The molecule has 4 aromatic rings. The van der Waals surface area contributed by atoms with Crippen molar-refractivity contribution in [3.05, 3.63) is 83.9 Å². The molecule has 40 heavy (non-hydrogen) atoms. The molecule has 1 unspecified atom stereocenters. The molecule has 3 aromatic carbocycles. The zero-order valence-corrected chi connectivity index (χ0v) is 21.9. The van der Waals surface area contributed by atoms with Crippen LogP contribution in [0.5, 0.6) is 5.75 Å². The number of aliphatic hydroxyl groups is 1. The van der Waals surface area contributed by atoms with E-state index in [4.69, 9.17) is 19.3 Å². The fraction of sp³-hybridized carbons (Fsp3) is 0.333. The van der Waals surface area contributed by atoms with Gasteiger partial charge in [-0.05, 0) is 54.7 Å². The molecule has 0 radical (unpaired) electrons. The Bertz CT molecular complexity index is 1440. The number of alkyl carbamates (subject to hydrolysis) is 1. The highest BCUT2D eigenvalue weighted by Crippen LogP contribution is 2.35. The number of amides is 1. The van der Waals surface area contributed by atoms with E-state index in [1.54, 1.807) is 42.5 Å². The summed E-state index contributed by atoms with van der Waals surface area (Å²) in [5, 5.41) is 17.3. The van der Waals surface area contributed by atoms with E-state index in [-0.39, 0.29) is 25.2 Å². The zero-order valence-electron chi connectivity index (χ0n) is 21.9. The van der Waals surface area contributed by atoms with E-state index in [2.05, 4.69) is 5.32 Å². The average molecular weight is 552 g/mol. The van der Waals surface area contributed by atoms with Gasteiger partial charge in [0.1, 0.15) is 18.1 Å². The van der Waals surface area contributed by atoms with Gasteiger partial charge in [0.15, 0.2) is 12.8 Å². The zero-order chi connectivity index (χ0) is 28.0. The topological polar surface area (TPSA) is 94.8 Å². The number of aromatic nitrogens is 2. The molecule has 0 spiro atoms. The number of ether oxygens (including phenoxy) is 3. The number of aliphatic hydroxyl groups excluding tert-OH is 1. The third kappa shape index (κ3) is 6.75. The monoisotopic (exact) mass is 551 g/mol. The van der Waals surface area contributed by atoms with Crippen LogP contribution in [0.4, 0.5) is 13.6 Å². The Labute approximate surface area is 230 Å². The number of halogens is 2. The molecule has 1 saturated heterocycles. The summed E-state index contributed by atoms with van der Waals surface area (Å²) < 4.78 is 47.4. The van der Waals surface area contributed by atoms with Crippen LogP contribution in [0.1, 0.15) is 36.6 Å². The lowest BCUT2D eigenvalue weighted by molar-refractivity contribution is -0.0386. The van der Waals surface area contributed by atoms with E-state index in [0.717, 1.165) is 41.5 Å². The van der Waals surface area contributed by atoms with Crippen LogP contribution in [-0.2, 0) is 22.7 Å². The number of hydrogen-bond donors (Lipinski definition) is 2. The first kappa shape index (κ1) is 27.5. The Balaban J connectivity index is 1.29. The largest absolute Gasteiger partial charge is 0.487 e. The molecule has 1 aliphatic rings. The quantitative estimate of drug-likeness (QED) is 0.257. The van der Waals surface area contributed by atoms with Crippen LogP contribution in [0.2, 0.25) is 0 Å². The molecule has 0 aliphatic carbocycles. The minimum absolute atomic E-state index is 0.0160. The summed E-state index contributed by atoms with van der Waals surface area (Å²) in [5.41, 5.74) is 3.70. The number of carbonyl (C=O) groups is 1. The van der Waals surface area contributed by atoms with Crippen LogP contribution in [0.15, 0.2) is 72.8 Å². The normalized spacial score (nSPS) is 15.6. The molecule has 2 heterocycles. The Morgan fingerprint density at radius 3 is 2.67 bits per heavy atom. The van der Waals surface area contributed by atoms with E-state index < -0.39 is 25.2 Å². The first-order valence-corrected chi connectivity index (χ1v) is 13.2. The molecule has 210 valence electrons. The van der Waals surface area contributed by atoms with E-state index in [1.165, 1.54) is 0 Å². The molecule has 0 bridgehead atoms. The van der Waals surface area contributed by atoms with Crippen molar-refractivity contribution in [2.45, 2.75) is 44.6 Å². The maximum Gasteiger partial charge on any atom is 0.407 e. The lowest BCUT2D eigenvalue weighted by Crippen LogP contribution is -2.40. The van der Waals surface area contributed by atoms with Crippen molar-refractivity contribution in [2.75, 3.05) is 19.8 Å². The van der Waals surface area contributed by atoms with Gasteiger partial charge in [0, 0.05) is 17.6 Å². The summed E-state index contributed by atoms with van der Waals surface area (Å²) in [6.07, 6.45) is 1.67. The predicted octanol–water partition coefficient (Wildman–Crippen LogP) is 5.84. The van der Waals surface area contributed by atoms with Gasteiger partial charge in [-0.1, -0.05) is 48.5 Å². The van der Waals surface area contributed by atoms with Gasteiger partial charge in [0.2, 0.25) is 0 Å². The van der Waals surface area contributed by atoms with Crippen molar-refractivity contribution >= 4 is 17.0 Å². The van der Waals surface area contributed by atoms with Crippen molar-refractivity contribution in [3.63, 3.8) is 0 Å². The molecule has 8 nitrogen and oxygen atoms in total. The van der Waals surface area contributed by atoms with Gasteiger partial charge in [0.25, 0.3) is 5.92 Å². The van der Waals surface area contributed by atoms with Gasteiger partial charge in [-0.3, -0.25) is 0 Å². The third-order valence-electron chi connectivity index (χ3n) is 6.64.